The topological polar surface area (TPSA) is 43.2 Å². The lowest BCUT2D eigenvalue weighted by Gasteiger charge is -2.35. The van der Waals surface area contributed by atoms with E-state index in [4.69, 9.17) is 9.72 Å². The smallest absolute Gasteiger partial charge is 0.123 e. The first-order chi connectivity index (χ1) is 13.3. The number of pyridine rings is 1. The van der Waals surface area contributed by atoms with Crippen molar-refractivity contribution in [2.45, 2.75) is 19.5 Å². The molecule has 2 aromatic heterocycles. The first-order valence-electron chi connectivity index (χ1n) is 9.33. The molecule has 3 aromatic rings. The second-order valence-corrected chi connectivity index (χ2v) is 6.63. The SMILES string of the molecule is CCC(N1CCOCC1)n1cnc(-c2ccncc2)c1-c1ccc(F)cc1. The molecule has 140 valence electrons. The van der Waals surface area contributed by atoms with Gasteiger partial charge in [-0.15, -0.1) is 0 Å². The average molecular weight is 366 g/mol. The number of hydrogen-bond donors (Lipinski definition) is 0. The second kappa shape index (κ2) is 7.98. The van der Waals surface area contributed by atoms with Gasteiger partial charge in [0.05, 0.1) is 37.1 Å². The summed E-state index contributed by atoms with van der Waals surface area (Å²) in [5, 5.41) is 0. The molecule has 1 aliphatic rings. The van der Waals surface area contributed by atoms with Crippen LogP contribution in [0.25, 0.3) is 22.5 Å². The molecule has 1 unspecified atom stereocenters. The molecule has 27 heavy (non-hydrogen) atoms. The first-order valence-corrected chi connectivity index (χ1v) is 9.33. The van der Waals surface area contributed by atoms with E-state index in [9.17, 15) is 4.39 Å². The normalized spacial score (nSPS) is 16.4. The fraction of sp³-hybridized carbons (Fsp3) is 0.333. The van der Waals surface area contributed by atoms with Crippen molar-refractivity contribution >= 4 is 0 Å². The third-order valence-corrected chi connectivity index (χ3v) is 5.02. The van der Waals surface area contributed by atoms with E-state index in [1.807, 2.05) is 30.6 Å². The third-order valence-electron chi connectivity index (χ3n) is 5.02. The lowest BCUT2D eigenvalue weighted by atomic mass is 10.0. The van der Waals surface area contributed by atoms with Crippen LogP contribution in [0.15, 0.2) is 55.1 Å². The van der Waals surface area contributed by atoms with Crippen LogP contribution in [0.4, 0.5) is 4.39 Å². The Hall–Kier alpha value is -2.57. The molecule has 3 heterocycles. The predicted molar refractivity (Wildman–Crippen MR) is 103 cm³/mol. The third kappa shape index (κ3) is 3.63. The molecule has 1 fully saturated rings. The Morgan fingerprint density at radius 3 is 2.41 bits per heavy atom. The van der Waals surface area contributed by atoms with Crippen molar-refractivity contribution in [3.05, 3.63) is 60.9 Å². The molecule has 4 rings (SSSR count). The number of morpholine rings is 1. The highest BCUT2D eigenvalue weighted by Gasteiger charge is 2.25. The molecule has 1 aromatic carbocycles. The molecule has 1 atom stereocenters. The summed E-state index contributed by atoms with van der Waals surface area (Å²) in [6, 6.07) is 10.5. The lowest BCUT2D eigenvalue weighted by Crippen LogP contribution is -2.41. The Bertz CT molecular complexity index is 873. The van der Waals surface area contributed by atoms with Crippen LogP contribution >= 0.6 is 0 Å². The van der Waals surface area contributed by atoms with Gasteiger partial charge < -0.3 is 9.30 Å². The lowest BCUT2D eigenvalue weighted by molar-refractivity contribution is -0.00228. The van der Waals surface area contributed by atoms with Gasteiger partial charge in [-0.05, 0) is 42.8 Å². The van der Waals surface area contributed by atoms with E-state index in [0.717, 1.165) is 55.2 Å². The molecular formula is C21H23FN4O. The van der Waals surface area contributed by atoms with Gasteiger partial charge in [0.25, 0.3) is 0 Å². The average Bonchev–Trinajstić information content (AvgIpc) is 3.15. The van der Waals surface area contributed by atoms with Crippen LogP contribution in [0.2, 0.25) is 0 Å². The molecule has 0 saturated carbocycles. The van der Waals surface area contributed by atoms with Gasteiger partial charge in [0.1, 0.15) is 5.82 Å². The zero-order chi connectivity index (χ0) is 18.6. The monoisotopic (exact) mass is 366 g/mol. The largest absolute Gasteiger partial charge is 0.379 e. The Kier molecular flexibility index (Phi) is 5.27. The van der Waals surface area contributed by atoms with Gasteiger partial charge in [0.2, 0.25) is 0 Å². The molecule has 0 spiro atoms. The minimum absolute atomic E-state index is 0.178. The van der Waals surface area contributed by atoms with Gasteiger partial charge >= 0.3 is 0 Å². The van der Waals surface area contributed by atoms with Crippen LogP contribution in [0.1, 0.15) is 19.5 Å². The zero-order valence-corrected chi connectivity index (χ0v) is 15.4. The summed E-state index contributed by atoms with van der Waals surface area (Å²) in [6.45, 7) is 5.46. The van der Waals surface area contributed by atoms with Gasteiger partial charge in [-0.25, -0.2) is 9.37 Å². The van der Waals surface area contributed by atoms with Crippen LogP contribution in [0.3, 0.4) is 0 Å². The van der Waals surface area contributed by atoms with Gasteiger partial charge in [0.15, 0.2) is 0 Å². The van der Waals surface area contributed by atoms with E-state index in [2.05, 4.69) is 21.4 Å². The van der Waals surface area contributed by atoms with Gasteiger partial charge in [-0.3, -0.25) is 9.88 Å². The van der Waals surface area contributed by atoms with E-state index < -0.39 is 0 Å². The fourth-order valence-electron chi connectivity index (χ4n) is 3.71. The molecule has 5 nitrogen and oxygen atoms in total. The fourth-order valence-corrected chi connectivity index (χ4v) is 3.71. The Labute approximate surface area is 158 Å². The maximum atomic E-state index is 13.5. The predicted octanol–water partition coefficient (Wildman–Crippen LogP) is 3.99. The number of aromatic nitrogens is 3. The molecule has 0 aliphatic carbocycles. The van der Waals surface area contributed by atoms with Gasteiger partial charge in [0, 0.05) is 36.6 Å². The highest BCUT2D eigenvalue weighted by molar-refractivity contribution is 5.78. The first kappa shape index (κ1) is 17.8. The highest BCUT2D eigenvalue weighted by Crippen LogP contribution is 2.35. The molecular weight excluding hydrogens is 343 g/mol. The number of imidazole rings is 1. The Morgan fingerprint density at radius 1 is 1.04 bits per heavy atom. The van der Waals surface area contributed by atoms with Crippen LogP contribution in [0.5, 0.6) is 0 Å². The Balaban J connectivity index is 1.83. The summed E-state index contributed by atoms with van der Waals surface area (Å²) in [5.74, 6) is -0.240. The number of benzene rings is 1. The van der Waals surface area contributed by atoms with E-state index in [1.165, 1.54) is 12.1 Å². The second-order valence-electron chi connectivity index (χ2n) is 6.63. The van der Waals surface area contributed by atoms with Crippen LogP contribution in [0, 0.1) is 5.82 Å². The number of hydrogen-bond acceptors (Lipinski definition) is 4. The molecule has 1 aliphatic heterocycles. The summed E-state index contributed by atoms with van der Waals surface area (Å²) in [7, 11) is 0. The van der Waals surface area contributed by atoms with Crippen molar-refractivity contribution in [1.82, 2.24) is 19.4 Å². The van der Waals surface area contributed by atoms with Crippen molar-refractivity contribution in [3.8, 4) is 22.5 Å². The van der Waals surface area contributed by atoms with E-state index in [0.29, 0.717) is 0 Å². The van der Waals surface area contributed by atoms with Crippen molar-refractivity contribution in [2.75, 3.05) is 26.3 Å². The van der Waals surface area contributed by atoms with Crippen LogP contribution in [-0.4, -0.2) is 45.7 Å². The molecule has 0 bridgehead atoms. The molecule has 0 amide bonds. The number of nitrogens with zero attached hydrogens (tertiary/aromatic N) is 4. The minimum atomic E-state index is -0.240. The number of ether oxygens (including phenoxy) is 1. The number of halogens is 1. The Morgan fingerprint density at radius 2 is 1.74 bits per heavy atom. The van der Waals surface area contributed by atoms with Crippen molar-refractivity contribution in [3.63, 3.8) is 0 Å². The highest BCUT2D eigenvalue weighted by atomic mass is 19.1. The summed E-state index contributed by atoms with van der Waals surface area (Å²) in [5.41, 5.74) is 3.84. The minimum Gasteiger partial charge on any atom is -0.379 e. The van der Waals surface area contributed by atoms with Crippen molar-refractivity contribution in [1.29, 1.82) is 0 Å². The molecule has 0 N–H and O–H groups in total. The van der Waals surface area contributed by atoms with Crippen molar-refractivity contribution in [2.24, 2.45) is 0 Å². The van der Waals surface area contributed by atoms with Crippen LogP contribution < -0.4 is 0 Å². The molecule has 1 saturated heterocycles. The maximum Gasteiger partial charge on any atom is 0.123 e. The van der Waals surface area contributed by atoms with E-state index in [-0.39, 0.29) is 12.0 Å². The molecule has 0 radical (unpaired) electrons. The number of rotatable bonds is 5. The quantitative estimate of drug-likeness (QED) is 0.685. The van der Waals surface area contributed by atoms with E-state index >= 15 is 0 Å². The summed E-state index contributed by atoms with van der Waals surface area (Å²) >= 11 is 0. The van der Waals surface area contributed by atoms with Gasteiger partial charge in [-0.1, -0.05) is 6.92 Å². The summed E-state index contributed by atoms with van der Waals surface area (Å²) in [4.78, 5) is 11.3. The molecule has 6 heteroatoms. The standard InChI is InChI=1S/C21H23FN4O/c1-2-19(25-11-13-27-14-12-25)26-15-24-20(16-7-9-23-10-8-16)21(26)17-3-5-18(22)6-4-17/h3-10,15,19H,2,11-14H2,1H3. The maximum absolute atomic E-state index is 13.5. The van der Waals surface area contributed by atoms with E-state index in [1.54, 1.807) is 12.4 Å². The summed E-state index contributed by atoms with van der Waals surface area (Å²) < 4.78 is 21.2. The van der Waals surface area contributed by atoms with Crippen LogP contribution in [-0.2, 0) is 4.74 Å². The van der Waals surface area contributed by atoms with Gasteiger partial charge in [-0.2, -0.15) is 0 Å². The van der Waals surface area contributed by atoms with Crippen molar-refractivity contribution < 1.29 is 9.13 Å². The zero-order valence-electron chi connectivity index (χ0n) is 15.4. The summed E-state index contributed by atoms with van der Waals surface area (Å²) in [6.07, 6.45) is 6.56.